The molecule has 0 aliphatic heterocycles. The number of rotatable bonds is 2. The zero-order valence-electron chi connectivity index (χ0n) is 5.76. The molecule has 0 aliphatic carbocycles. The highest BCUT2D eigenvalue weighted by Crippen LogP contribution is 2.07. The van der Waals surface area contributed by atoms with Gasteiger partial charge in [-0.3, -0.25) is 0 Å². The Kier molecular flexibility index (Phi) is 3.90. The van der Waals surface area contributed by atoms with Crippen LogP contribution in [0.2, 0.25) is 0 Å². The summed E-state index contributed by atoms with van der Waals surface area (Å²) < 4.78 is 12.6. The first-order chi connectivity index (χ1) is 4.76. The van der Waals surface area contributed by atoms with E-state index in [9.17, 15) is 4.39 Å². The molecule has 1 nitrogen and oxygen atoms in total. The van der Waals surface area contributed by atoms with Gasteiger partial charge in [0.15, 0.2) is 0 Å². The van der Waals surface area contributed by atoms with Gasteiger partial charge in [0.05, 0.1) is 5.57 Å². The molecule has 0 aromatic carbocycles. The van der Waals surface area contributed by atoms with Crippen molar-refractivity contribution in [2.24, 2.45) is 0 Å². The summed E-state index contributed by atoms with van der Waals surface area (Å²) in [4.78, 5) is 0. The smallest absolute Gasteiger partial charge is 0.140 e. The summed E-state index contributed by atoms with van der Waals surface area (Å²) in [5.41, 5.74) is -0.0295. The largest absolute Gasteiger partial charge is 0.206 e. The van der Waals surface area contributed by atoms with Gasteiger partial charge in [0.2, 0.25) is 0 Å². The summed E-state index contributed by atoms with van der Waals surface area (Å²) in [6.45, 7) is 4.96. The van der Waals surface area contributed by atoms with Gasteiger partial charge in [-0.2, -0.15) is 5.26 Å². The summed E-state index contributed by atoms with van der Waals surface area (Å²) in [5, 5.41) is 8.27. The Morgan fingerprint density at radius 3 is 2.60 bits per heavy atom. The van der Waals surface area contributed by atoms with Gasteiger partial charge in [0, 0.05) is 0 Å². The Hall–Kier alpha value is -1.36. The van der Waals surface area contributed by atoms with E-state index in [4.69, 9.17) is 5.26 Å². The Balaban J connectivity index is 4.64. The van der Waals surface area contributed by atoms with Crippen molar-refractivity contribution >= 4 is 0 Å². The highest BCUT2D eigenvalue weighted by Gasteiger charge is 1.95. The van der Waals surface area contributed by atoms with Crippen LogP contribution in [0.3, 0.4) is 0 Å². The molecule has 0 radical (unpaired) electrons. The summed E-state index contributed by atoms with van der Waals surface area (Å²) in [7, 11) is 0. The Labute approximate surface area is 59.8 Å². The Morgan fingerprint density at radius 1 is 1.70 bits per heavy atom. The molecule has 0 N–H and O–H groups in total. The second-order valence-corrected chi connectivity index (χ2v) is 1.58. The fourth-order valence-electron chi connectivity index (χ4n) is 0.433. The van der Waals surface area contributed by atoms with E-state index in [0.717, 1.165) is 0 Å². The van der Waals surface area contributed by atoms with Crippen LogP contribution in [0.5, 0.6) is 0 Å². The van der Waals surface area contributed by atoms with Crippen LogP contribution >= 0.6 is 0 Å². The molecule has 0 saturated heterocycles. The van der Waals surface area contributed by atoms with Gasteiger partial charge < -0.3 is 0 Å². The average Bonchev–Trinajstić information content (AvgIpc) is 1.91. The monoisotopic (exact) mass is 137 g/mol. The van der Waals surface area contributed by atoms with Gasteiger partial charge >= 0.3 is 0 Å². The van der Waals surface area contributed by atoms with E-state index < -0.39 is 5.83 Å². The van der Waals surface area contributed by atoms with Crippen LogP contribution in [0.15, 0.2) is 36.2 Å². The first-order valence-corrected chi connectivity index (χ1v) is 2.81. The summed E-state index contributed by atoms with van der Waals surface area (Å²) in [6, 6.07) is 1.67. The van der Waals surface area contributed by atoms with E-state index in [0.29, 0.717) is 0 Å². The number of hydrogen-bond acceptors (Lipinski definition) is 1. The Bertz CT molecular complexity index is 218. The van der Waals surface area contributed by atoms with Crippen molar-refractivity contribution in [3.8, 4) is 6.07 Å². The van der Waals surface area contributed by atoms with Gasteiger partial charge in [0.25, 0.3) is 0 Å². The highest BCUT2D eigenvalue weighted by molar-refractivity contribution is 5.38. The number of halogens is 1. The highest BCUT2D eigenvalue weighted by atomic mass is 19.1. The SMILES string of the molecule is C=C/C(C#N)=C(F)\C=C/C. The minimum atomic E-state index is -0.542. The lowest BCUT2D eigenvalue weighted by Crippen LogP contribution is -1.74. The van der Waals surface area contributed by atoms with Crippen LogP contribution in [-0.4, -0.2) is 0 Å². The molecule has 0 aliphatic rings. The zero-order valence-corrected chi connectivity index (χ0v) is 5.76. The second-order valence-electron chi connectivity index (χ2n) is 1.58. The normalized spacial score (nSPS) is 12.5. The molecule has 0 amide bonds. The lowest BCUT2D eigenvalue weighted by atomic mass is 10.2. The first kappa shape index (κ1) is 8.64. The van der Waals surface area contributed by atoms with Gasteiger partial charge in [0.1, 0.15) is 11.9 Å². The van der Waals surface area contributed by atoms with Crippen molar-refractivity contribution in [1.82, 2.24) is 0 Å². The zero-order chi connectivity index (χ0) is 7.98. The molecule has 52 valence electrons. The minimum absolute atomic E-state index is 0.0295. The maximum Gasteiger partial charge on any atom is 0.140 e. The maximum absolute atomic E-state index is 12.6. The molecule has 0 bridgehead atoms. The van der Waals surface area contributed by atoms with Crippen LogP contribution < -0.4 is 0 Å². The van der Waals surface area contributed by atoms with E-state index in [1.165, 1.54) is 18.2 Å². The van der Waals surface area contributed by atoms with Gasteiger partial charge in [-0.15, -0.1) is 0 Å². The van der Waals surface area contributed by atoms with Crippen molar-refractivity contribution in [2.75, 3.05) is 0 Å². The number of nitrogens with zero attached hydrogens (tertiary/aromatic N) is 1. The summed E-state index contributed by atoms with van der Waals surface area (Å²) >= 11 is 0. The molecule has 0 heterocycles. The third-order valence-electron chi connectivity index (χ3n) is 0.895. The van der Waals surface area contributed by atoms with Gasteiger partial charge in [-0.05, 0) is 19.1 Å². The van der Waals surface area contributed by atoms with Crippen molar-refractivity contribution in [3.05, 3.63) is 36.2 Å². The third-order valence-corrected chi connectivity index (χ3v) is 0.895. The van der Waals surface area contributed by atoms with E-state index in [-0.39, 0.29) is 5.57 Å². The van der Waals surface area contributed by atoms with Crippen molar-refractivity contribution < 1.29 is 4.39 Å². The topological polar surface area (TPSA) is 23.8 Å². The fraction of sp³-hybridized carbons (Fsp3) is 0.125. The molecule has 0 unspecified atom stereocenters. The number of hydrogen-bond donors (Lipinski definition) is 0. The minimum Gasteiger partial charge on any atom is -0.206 e. The van der Waals surface area contributed by atoms with Crippen molar-refractivity contribution in [1.29, 1.82) is 5.26 Å². The number of allylic oxidation sites excluding steroid dienone is 5. The van der Waals surface area contributed by atoms with Crippen molar-refractivity contribution in [3.63, 3.8) is 0 Å². The maximum atomic E-state index is 12.6. The molecule has 0 aromatic heterocycles. The van der Waals surface area contributed by atoms with Crippen LogP contribution in [-0.2, 0) is 0 Å². The van der Waals surface area contributed by atoms with E-state index in [2.05, 4.69) is 6.58 Å². The summed E-state index contributed by atoms with van der Waals surface area (Å²) in [5.74, 6) is -0.542. The Morgan fingerprint density at radius 2 is 2.30 bits per heavy atom. The predicted octanol–water partition coefficient (Wildman–Crippen LogP) is 2.50. The predicted molar refractivity (Wildman–Crippen MR) is 38.8 cm³/mol. The van der Waals surface area contributed by atoms with E-state index in [1.54, 1.807) is 13.0 Å². The molecule has 0 rings (SSSR count). The van der Waals surface area contributed by atoms with E-state index >= 15 is 0 Å². The van der Waals surface area contributed by atoms with Crippen LogP contribution in [0.4, 0.5) is 4.39 Å². The lowest BCUT2D eigenvalue weighted by Gasteiger charge is -1.86. The van der Waals surface area contributed by atoms with Crippen LogP contribution in [0, 0.1) is 11.3 Å². The molecule has 0 spiro atoms. The second kappa shape index (κ2) is 4.51. The molecule has 0 saturated carbocycles. The van der Waals surface area contributed by atoms with Gasteiger partial charge in [-0.25, -0.2) is 4.39 Å². The standard InChI is InChI=1S/C8H8FN/c1-3-5-8(9)7(4-2)6-10/h3-5H,2H2,1H3/b5-3-,8-7-. The first-order valence-electron chi connectivity index (χ1n) is 2.81. The van der Waals surface area contributed by atoms with Gasteiger partial charge in [-0.1, -0.05) is 12.7 Å². The molecular weight excluding hydrogens is 129 g/mol. The number of nitriles is 1. The fourth-order valence-corrected chi connectivity index (χ4v) is 0.433. The molecule has 0 atom stereocenters. The molecule has 2 heteroatoms. The van der Waals surface area contributed by atoms with Crippen molar-refractivity contribution in [2.45, 2.75) is 6.92 Å². The molecule has 0 aromatic rings. The molecular formula is C8H8FN. The lowest BCUT2D eigenvalue weighted by molar-refractivity contribution is 0.662. The van der Waals surface area contributed by atoms with E-state index in [1.807, 2.05) is 0 Å². The molecule has 0 fully saturated rings. The quantitative estimate of drug-likeness (QED) is 0.423. The third kappa shape index (κ3) is 2.27. The average molecular weight is 137 g/mol. The van der Waals surface area contributed by atoms with Crippen LogP contribution in [0.25, 0.3) is 0 Å². The summed E-state index contributed by atoms with van der Waals surface area (Å²) in [6.07, 6.45) is 3.94. The van der Waals surface area contributed by atoms with Crippen LogP contribution in [0.1, 0.15) is 6.92 Å². The molecule has 10 heavy (non-hydrogen) atoms.